The van der Waals surface area contributed by atoms with Crippen molar-refractivity contribution >= 4 is 5.97 Å². The SMILES string of the molecule is CCOC(=O)[C@H]1C[C@H](C)[C@@H]2CCc3cc(O)ccc3[C@H]2CCC[C@H]1O. The highest BCUT2D eigenvalue weighted by atomic mass is 16.5. The van der Waals surface area contributed by atoms with Gasteiger partial charge in [0.15, 0.2) is 0 Å². The van der Waals surface area contributed by atoms with Crippen molar-refractivity contribution in [2.75, 3.05) is 6.61 Å². The Morgan fingerprint density at radius 2 is 2.08 bits per heavy atom. The number of rotatable bonds is 2. The van der Waals surface area contributed by atoms with Crippen LogP contribution >= 0.6 is 0 Å². The number of benzene rings is 1. The zero-order valence-electron chi connectivity index (χ0n) is 15.3. The molecule has 0 unspecified atom stereocenters. The Morgan fingerprint density at radius 3 is 2.84 bits per heavy atom. The fourth-order valence-corrected chi connectivity index (χ4v) is 4.96. The number of hydrogen-bond acceptors (Lipinski definition) is 4. The minimum absolute atomic E-state index is 0.249. The number of fused-ring (bicyclic) bond motifs is 3. The van der Waals surface area contributed by atoms with Crippen molar-refractivity contribution in [1.29, 1.82) is 0 Å². The number of hydrogen-bond donors (Lipinski definition) is 2. The predicted molar refractivity (Wildman–Crippen MR) is 96.4 cm³/mol. The number of phenols is 1. The second kappa shape index (κ2) is 7.77. The Kier molecular flexibility index (Phi) is 5.67. The van der Waals surface area contributed by atoms with E-state index in [1.807, 2.05) is 13.0 Å². The molecule has 2 N–H and O–H groups in total. The third-order valence-corrected chi connectivity index (χ3v) is 6.22. The molecule has 4 heteroatoms. The van der Waals surface area contributed by atoms with Gasteiger partial charge in [-0.1, -0.05) is 19.4 Å². The van der Waals surface area contributed by atoms with Gasteiger partial charge in [0, 0.05) is 0 Å². The fourth-order valence-electron chi connectivity index (χ4n) is 4.96. The number of aromatic hydroxyl groups is 1. The smallest absolute Gasteiger partial charge is 0.311 e. The third-order valence-electron chi connectivity index (χ3n) is 6.22. The third kappa shape index (κ3) is 3.84. The molecule has 5 atom stereocenters. The molecule has 0 saturated heterocycles. The summed E-state index contributed by atoms with van der Waals surface area (Å²) in [5, 5.41) is 20.3. The maximum Gasteiger partial charge on any atom is 0.311 e. The normalized spacial score (nSPS) is 32.5. The van der Waals surface area contributed by atoms with E-state index < -0.39 is 12.0 Å². The Balaban J connectivity index is 1.85. The Labute approximate surface area is 150 Å². The van der Waals surface area contributed by atoms with E-state index in [0.717, 1.165) is 25.7 Å². The second-order valence-electron chi connectivity index (χ2n) is 7.76. The molecule has 1 saturated carbocycles. The van der Waals surface area contributed by atoms with Crippen molar-refractivity contribution in [3.63, 3.8) is 0 Å². The average molecular weight is 346 g/mol. The predicted octanol–water partition coefficient (Wildman–Crippen LogP) is 3.79. The molecule has 0 bridgehead atoms. The van der Waals surface area contributed by atoms with Crippen LogP contribution < -0.4 is 0 Å². The van der Waals surface area contributed by atoms with Crippen molar-refractivity contribution in [3.8, 4) is 5.75 Å². The van der Waals surface area contributed by atoms with Crippen LogP contribution in [-0.4, -0.2) is 28.9 Å². The number of aryl methyl sites for hydroxylation is 1. The minimum Gasteiger partial charge on any atom is -0.508 e. The van der Waals surface area contributed by atoms with Gasteiger partial charge < -0.3 is 14.9 Å². The fraction of sp³-hybridized carbons (Fsp3) is 0.667. The lowest BCUT2D eigenvalue weighted by molar-refractivity contribution is -0.153. The van der Waals surface area contributed by atoms with Gasteiger partial charge in [0.05, 0.1) is 18.6 Å². The van der Waals surface area contributed by atoms with Crippen LogP contribution in [0.5, 0.6) is 5.75 Å². The van der Waals surface area contributed by atoms with Crippen molar-refractivity contribution in [1.82, 2.24) is 0 Å². The first-order valence-electron chi connectivity index (χ1n) is 9.67. The van der Waals surface area contributed by atoms with Gasteiger partial charge in [0.1, 0.15) is 5.75 Å². The van der Waals surface area contributed by atoms with Crippen LogP contribution in [0.1, 0.15) is 63.0 Å². The van der Waals surface area contributed by atoms with Gasteiger partial charge >= 0.3 is 5.97 Å². The number of esters is 1. The van der Waals surface area contributed by atoms with Crippen molar-refractivity contribution in [2.45, 2.75) is 64.4 Å². The van der Waals surface area contributed by atoms with Crippen molar-refractivity contribution in [2.24, 2.45) is 17.8 Å². The van der Waals surface area contributed by atoms with E-state index in [9.17, 15) is 15.0 Å². The maximum atomic E-state index is 12.3. The summed E-state index contributed by atoms with van der Waals surface area (Å²) in [6.07, 6.45) is 4.71. The first-order chi connectivity index (χ1) is 12.0. The lowest BCUT2D eigenvalue weighted by atomic mass is 9.67. The van der Waals surface area contributed by atoms with Crippen molar-refractivity contribution < 1.29 is 19.7 Å². The van der Waals surface area contributed by atoms with E-state index in [1.54, 1.807) is 6.07 Å². The van der Waals surface area contributed by atoms with Crippen LogP contribution in [0.15, 0.2) is 18.2 Å². The van der Waals surface area contributed by atoms with Crippen LogP contribution in [0, 0.1) is 17.8 Å². The summed E-state index contributed by atoms with van der Waals surface area (Å²) in [5.41, 5.74) is 2.61. The van der Waals surface area contributed by atoms with Crippen molar-refractivity contribution in [3.05, 3.63) is 29.3 Å². The summed E-state index contributed by atoms with van der Waals surface area (Å²) in [6.45, 7) is 4.39. The molecule has 0 aromatic heterocycles. The van der Waals surface area contributed by atoms with Crippen LogP contribution in [0.4, 0.5) is 0 Å². The molecule has 0 heterocycles. The summed E-state index contributed by atoms with van der Waals surface area (Å²) >= 11 is 0. The number of carbonyl (C=O) groups is 1. The maximum absolute atomic E-state index is 12.3. The molecule has 0 spiro atoms. The average Bonchev–Trinajstić information content (AvgIpc) is 2.64. The zero-order valence-corrected chi connectivity index (χ0v) is 15.3. The van der Waals surface area contributed by atoms with Crippen LogP contribution in [0.25, 0.3) is 0 Å². The molecule has 0 amide bonds. The van der Waals surface area contributed by atoms with E-state index in [-0.39, 0.29) is 5.97 Å². The van der Waals surface area contributed by atoms with Crippen LogP contribution in [0.3, 0.4) is 0 Å². The summed E-state index contributed by atoms with van der Waals surface area (Å²) < 4.78 is 5.22. The van der Waals surface area contributed by atoms with E-state index in [0.29, 0.717) is 43.0 Å². The van der Waals surface area contributed by atoms with Gasteiger partial charge in [-0.25, -0.2) is 0 Å². The molecule has 25 heavy (non-hydrogen) atoms. The Morgan fingerprint density at radius 1 is 1.28 bits per heavy atom. The number of aliphatic hydroxyl groups is 1. The lowest BCUT2D eigenvalue weighted by Crippen LogP contribution is -2.33. The summed E-state index contributed by atoms with van der Waals surface area (Å²) in [4.78, 5) is 12.3. The largest absolute Gasteiger partial charge is 0.508 e. The van der Waals surface area contributed by atoms with E-state index in [1.165, 1.54) is 11.1 Å². The number of phenolic OH excluding ortho intramolecular Hbond substituents is 1. The molecule has 2 aliphatic carbocycles. The first-order valence-corrected chi connectivity index (χ1v) is 9.67. The van der Waals surface area contributed by atoms with E-state index >= 15 is 0 Å². The molecule has 3 rings (SSSR count). The van der Waals surface area contributed by atoms with Gasteiger partial charge in [0.2, 0.25) is 0 Å². The summed E-state index contributed by atoms with van der Waals surface area (Å²) in [7, 11) is 0. The second-order valence-corrected chi connectivity index (χ2v) is 7.76. The summed E-state index contributed by atoms with van der Waals surface area (Å²) in [6, 6.07) is 5.76. The quantitative estimate of drug-likeness (QED) is 0.800. The molecular weight excluding hydrogens is 316 g/mol. The van der Waals surface area contributed by atoms with Gasteiger partial charge in [-0.3, -0.25) is 4.79 Å². The van der Waals surface area contributed by atoms with Gasteiger partial charge in [-0.2, -0.15) is 0 Å². The molecule has 0 aliphatic heterocycles. The van der Waals surface area contributed by atoms with E-state index in [4.69, 9.17) is 4.74 Å². The number of ether oxygens (including phenoxy) is 1. The monoisotopic (exact) mass is 346 g/mol. The molecule has 1 aromatic rings. The lowest BCUT2D eigenvalue weighted by Gasteiger charge is -2.37. The molecule has 1 fully saturated rings. The molecule has 0 radical (unpaired) electrons. The Hall–Kier alpha value is -1.55. The molecule has 4 nitrogen and oxygen atoms in total. The summed E-state index contributed by atoms with van der Waals surface area (Å²) in [5.74, 6) is 1.00. The number of carbonyl (C=O) groups excluding carboxylic acids is 1. The standard InChI is InChI=1S/C21H30O4/c1-3-25-21(24)19-11-13(2)16-9-7-14-12-15(22)8-10-17(14)18(16)5-4-6-20(19)23/h8,10,12-13,16,18-20,22-23H,3-7,9,11H2,1-2H3/t13-,16-,18-,19-,20+/m0/s1. The number of aliphatic hydroxyl groups excluding tert-OH is 1. The minimum atomic E-state index is -0.610. The Bertz CT molecular complexity index is 612. The topological polar surface area (TPSA) is 66.8 Å². The highest BCUT2D eigenvalue weighted by Crippen LogP contribution is 2.46. The van der Waals surface area contributed by atoms with Gasteiger partial charge in [0.25, 0.3) is 0 Å². The van der Waals surface area contributed by atoms with Gasteiger partial charge in [-0.15, -0.1) is 0 Å². The molecule has 1 aromatic carbocycles. The van der Waals surface area contributed by atoms with Crippen LogP contribution in [0.2, 0.25) is 0 Å². The van der Waals surface area contributed by atoms with E-state index in [2.05, 4.69) is 13.0 Å². The highest BCUT2D eigenvalue weighted by Gasteiger charge is 2.38. The molecular formula is C21H30O4. The highest BCUT2D eigenvalue weighted by molar-refractivity contribution is 5.73. The molecule has 2 aliphatic rings. The van der Waals surface area contributed by atoms with Gasteiger partial charge in [-0.05, 0) is 80.0 Å². The van der Waals surface area contributed by atoms with Crippen LogP contribution in [-0.2, 0) is 16.0 Å². The zero-order chi connectivity index (χ0) is 18.0. The first kappa shape index (κ1) is 18.2. The molecule has 138 valence electrons.